The third-order valence-electron chi connectivity index (χ3n) is 5.26. The number of rotatable bonds is 10. The summed E-state index contributed by atoms with van der Waals surface area (Å²) in [4.78, 5) is 20.7. The summed E-state index contributed by atoms with van der Waals surface area (Å²) in [6.45, 7) is 10.9. The first-order valence-electron chi connectivity index (χ1n) is 10.8. The lowest BCUT2D eigenvalue weighted by Crippen LogP contribution is -2.54. The van der Waals surface area contributed by atoms with Crippen LogP contribution in [0.2, 0.25) is 0 Å². The van der Waals surface area contributed by atoms with E-state index in [0.717, 1.165) is 51.5 Å². The summed E-state index contributed by atoms with van der Waals surface area (Å²) in [6.07, 6.45) is 3.45. The number of hydrogen-bond donors (Lipinski definition) is 3. The quantitative estimate of drug-likeness (QED) is 0.204. The van der Waals surface area contributed by atoms with Crippen molar-refractivity contribution in [2.45, 2.75) is 46.1 Å². The molecule has 176 valence electrons. The van der Waals surface area contributed by atoms with Gasteiger partial charge in [-0.2, -0.15) is 0 Å². The minimum atomic E-state index is -3.28. The van der Waals surface area contributed by atoms with Crippen LogP contribution in [0, 0.1) is 5.92 Å². The van der Waals surface area contributed by atoms with Crippen molar-refractivity contribution in [1.82, 2.24) is 25.2 Å². The average Bonchev–Trinajstić information content (AvgIpc) is 2.59. The molecule has 0 aromatic carbocycles. The van der Waals surface area contributed by atoms with Crippen molar-refractivity contribution in [2.24, 2.45) is 10.9 Å². The number of amides is 1. The van der Waals surface area contributed by atoms with Gasteiger partial charge in [0.15, 0.2) is 5.96 Å². The highest BCUT2D eigenvalue weighted by Crippen LogP contribution is 2.25. The predicted octanol–water partition coefficient (Wildman–Crippen LogP) is 0.432. The van der Waals surface area contributed by atoms with E-state index in [-0.39, 0.29) is 48.2 Å². The van der Waals surface area contributed by atoms with Gasteiger partial charge in [0.1, 0.15) is 0 Å². The minimum absolute atomic E-state index is 0. The Balaban J connectivity index is 0.00000450. The maximum Gasteiger partial charge on any atom is 0.234 e. The van der Waals surface area contributed by atoms with Gasteiger partial charge in [-0.25, -0.2) is 13.1 Å². The number of carbonyl (C=O) groups excluding carboxylic acids is 1. The molecule has 0 spiro atoms. The molecule has 0 aromatic heterocycles. The van der Waals surface area contributed by atoms with Gasteiger partial charge in [-0.05, 0) is 39.5 Å². The van der Waals surface area contributed by atoms with E-state index < -0.39 is 10.0 Å². The van der Waals surface area contributed by atoms with Crippen LogP contribution in [-0.4, -0.2) is 94.2 Å². The molecule has 0 unspecified atom stereocenters. The van der Waals surface area contributed by atoms with E-state index in [9.17, 15) is 13.2 Å². The largest absolute Gasteiger partial charge is 0.357 e. The molecular weight excluding hydrogens is 519 g/mol. The highest BCUT2D eigenvalue weighted by molar-refractivity contribution is 14.0. The lowest BCUT2D eigenvalue weighted by atomic mass is 9.86. The third kappa shape index (κ3) is 10.1. The molecule has 1 saturated carbocycles. The van der Waals surface area contributed by atoms with Crippen LogP contribution in [0.1, 0.15) is 40.0 Å². The van der Waals surface area contributed by atoms with E-state index in [0.29, 0.717) is 19.0 Å². The monoisotopic (exact) mass is 558 g/mol. The van der Waals surface area contributed by atoms with Crippen LogP contribution in [0.25, 0.3) is 0 Å². The van der Waals surface area contributed by atoms with Gasteiger partial charge < -0.3 is 15.5 Å². The van der Waals surface area contributed by atoms with E-state index in [1.54, 1.807) is 0 Å². The summed E-state index contributed by atoms with van der Waals surface area (Å²) >= 11 is 0. The van der Waals surface area contributed by atoms with Crippen LogP contribution in [-0.2, 0) is 14.8 Å². The van der Waals surface area contributed by atoms with Crippen molar-refractivity contribution >= 4 is 45.9 Å². The Labute approximate surface area is 198 Å². The number of nitrogens with zero attached hydrogens (tertiary/aromatic N) is 3. The second-order valence-electron chi connectivity index (χ2n) is 8.19. The van der Waals surface area contributed by atoms with E-state index >= 15 is 0 Å². The zero-order valence-electron chi connectivity index (χ0n) is 18.5. The van der Waals surface area contributed by atoms with Gasteiger partial charge in [0.25, 0.3) is 0 Å². The lowest BCUT2D eigenvalue weighted by molar-refractivity contribution is -0.123. The fourth-order valence-corrected chi connectivity index (χ4v) is 4.37. The Kier molecular flexibility index (Phi) is 12.5. The number of nitrogens with one attached hydrogen (secondary N) is 3. The number of halogens is 1. The van der Waals surface area contributed by atoms with Crippen molar-refractivity contribution in [3.8, 4) is 0 Å². The second-order valence-corrected chi connectivity index (χ2v) is 10.1. The summed E-state index contributed by atoms with van der Waals surface area (Å²) in [5, 5.41) is 6.17. The maximum absolute atomic E-state index is 12.2. The smallest absolute Gasteiger partial charge is 0.234 e. The summed E-state index contributed by atoms with van der Waals surface area (Å²) in [6, 6.07) is 0.149. The third-order valence-corrected chi connectivity index (χ3v) is 6.59. The molecule has 0 aromatic rings. The van der Waals surface area contributed by atoms with Crippen LogP contribution in [0.4, 0.5) is 0 Å². The molecule has 1 aliphatic heterocycles. The molecule has 30 heavy (non-hydrogen) atoms. The molecule has 0 radical (unpaired) electrons. The first kappa shape index (κ1) is 27.4. The molecule has 1 aliphatic carbocycles. The molecule has 2 rings (SSSR count). The van der Waals surface area contributed by atoms with Gasteiger partial charge in [-0.3, -0.25) is 14.7 Å². The van der Waals surface area contributed by atoms with Crippen LogP contribution in [0.15, 0.2) is 4.99 Å². The SMILES string of the molecule is CCNC(=NCCS(=O)(=O)NCC1CCC1)N1CCN(CC(=O)NC(C)C)CC1.I. The first-order chi connectivity index (χ1) is 13.8. The van der Waals surface area contributed by atoms with Gasteiger partial charge in [0.05, 0.1) is 18.8 Å². The number of aliphatic imine (C=N–C) groups is 1. The van der Waals surface area contributed by atoms with E-state index in [4.69, 9.17) is 0 Å². The molecule has 11 heteroatoms. The standard InChI is InChI=1S/C19H38N6O3S.HI/c1-4-20-19(21-8-13-29(27,28)22-14-17-6-5-7-17)25-11-9-24(10-12-25)15-18(26)23-16(2)3;/h16-17,22H,4-15H2,1-3H3,(H,20,21)(H,23,26);1H. The molecule has 1 saturated heterocycles. The molecule has 3 N–H and O–H groups in total. The summed E-state index contributed by atoms with van der Waals surface area (Å²) in [5.41, 5.74) is 0. The van der Waals surface area contributed by atoms with E-state index in [1.807, 2.05) is 20.8 Å². The molecule has 0 atom stereocenters. The number of sulfonamides is 1. The van der Waals surface area contributed by atoms with Crippen molar-refractivity contribution < 1.29 is 13.2 Å². The highest BCUT2D eigenvalue weighted by atomic mass is 127. The van der Waals surface area contributed by atoms with Crippen molar-refractivity contribution in [1.29, 1.82) is 0 Å². The molecule has 2 aliphatic rings. The van der Waals surface area contributed by atoms with Gasteiger partial charge >= 0.3 is 0 Å². The normalized spacial score (nSPS) is 18.7. The number of guanidine groups is 1. The highest BCUT2D eigenvalue weighted by Gasteiger charge is 2.22. The van der Waals surface area contributed by atoms with E-state index in [1.165, 1.54) is 6.42 Å². The Morgan fingerprint density at radius 3 is 2.37 bits per heavy atom. The van der Waals surface area contributed by atoms with Crippen molar-refractivity contribution in [3.05, 3.63) is 0 Å². The van der Waals surface area contributed by atoms with E-state index in [2.05, 4.69) is 30.1 Å². The summed E-state index contributed by atoms with van der Waals surface area (Å²) in [5.74, 6) is 1.30. The van der Waals surface area contributed by atoms with Crippen molar-refractivity contribution in [2.75, 3.05) is 58.1 Å². The second kappa shape index (κ2) is 13.7. The van der Waals surface area contributed by atoms with Crippen LogP contribution >= 0.6 is 24.0 Å². The Morgan fingerprint density at radius 1 is 1.17 bits per heavy atom. The average molecular weight is 559 g/mol. The number of piperazine rings is 1. The zero-order valence-corrected chi connectivity index (χ0v) is 21.7. The van der Waals surface area contributed by atoms with Gasteiger partial charge in [-0.15, -0.1) is 24.0 Å². The van der Waals surface area contributed by atoms with Gasteiger partial charge in [0.2, 0.25) is 15.9 Å². The number of hydrogen-bond acceptors (Lipinski definition) is 5. The Morgan fingerprint density at radius 2 is 1.83 bits per heavy atom. The molecule has 9 nitrogen and oxygen atoms in total. The Bertz CT molecular complexity index is 647. The molecule has 1 amide bonds. The fourth-order valence-electron chi connectivity index (χ4n) is 3.40. The minimum Gasteiger partial charge on any atom is -0.357 e. The zero-order chi connectivity index (χ0) is 21.3. The van der Waals surface area contributed by atoms with Gasteiger partial charge in [-0.1, -0.05) is 6.42 Å². The van der Waals surface area contributed by atoms with Crippen LogP contribution in [0.5, 0.6) is 0 Å². The maximum atomic E-state index is 12.2. The molecular formula is C19H39IN6O3S. The number of carbonyl (C=O) groups is 1. The summed E-state index contributed by atoms with van der Waals surface area (Å²) < 4.78 is 27.0. The first-order valence-corrected chi connectivity index (χ1v) is 12.5. The lowest BCUT2D eigenvalue weighted by Gasteiger charge is -2.36. The Hall–Kier alpha value is -0.660. The molecule has 1 heterocycles. The van der Waals surface area contributed by atoms with Crippen molar-refractivity contribution in [3.63, 3.8) is 0 Å². The summed E-state index contributed by atoms with van der Waals surface area (Å²) in [7, 11) is -3.28. The van der Waals surface area contributed by atoms with Crippen LogP contribution < -0.4 is 15.4 Å². The topological polar surface area (TPSA) is 106 Å². The predicted molar refractivity (Wildman–Crippen MR) is 132 cm³/mol. The fraction of sp³-hybridized carbons (Fsp3) is 0.895. The van der Waals surface area contributed by atoms with Crippen LogP contribution in [0.3, 0.4) is 0 Å². The molecule has 2 fully saturated rings. The van der Waals surface area contributed by atoms with Gasteiger partial charge in [0, 0.05) is 45.3 Å². The molecule has 0 bridgehead atoms.